The molecule has 1 aromatic rings. The lowest BCUT2D eigenvalue weighted by Crippen LogP contribution is -2.09. The van der Waals surface area contributed by atoms with E-state index in [0.29, 0.717) is 0 Å². The van der Waals surface area contributed by atoms with Crippen LogP contribution in [0, 0.1) is 6.92 Å². The number of benzene rings is 1. The highest BCUT2D eigenvalue weighted by Gasteiger charge is 2.08. The first kappa shape index (κ1) is 16.3. The summed E-state index contributed by atoms with van der Waals surface area (Å²) >= 11 is 3.53. The van der Waals surface area contributed by atoms with Crippen molar-refractivity contribution in [2.24, 2.45) is 0 Å². The van der Waals surface area contributed by atoms with E-state index in [4.69, 9.17) is 4.74 Å². The lowest BCUT2D eigenvalue weighted by molar-refractivity contribution is 0.300. The van der Waals surface area contributed by atoms with E-state index in [9.17, 15) is 0 Å². The third-order valence-electron chi connectivity index (χ3n) is 2.98. The van der Waals surface area contributed by atoms with Crippen LogP contribution in [0.15, 0.2) is 29.3 Å². The molecule has 106 valence electrons. The molecule has 1 aromatic carbocycles. The summed E-state index contributed by atoms with van der Waals surface area (Å²) in [5.74, 6) is 1.03. The minimum absolute atomic E-state index is 0.788. The molecular weight excluding hydrogens is 302 g/mol. The minimum Gasteiger partial charge on any atom is -0.493 e. The molecule has 0 spiro atoms. The SMILES string of the molecule is C=CCCCCCOc1c(C)cc(Br)cc1CNC. The molecule has 0 atom stereocenters. The number of aryl methyl sites for hydroxylation is 1. The van der Waals surface area contributed by atoms with Gasteiger partial charge in [-0.25, -0.2) is 0 Å². The smallest absolute Gasteiger partial charge is 0.126 e. The second-order valence-electron chi connectivity index (χ2n) is 4.73. The predicted molar refractivity (Wildman–Crippen MR) is 85.8 cm³/mol. The molecule has 0 aliphatic carbocycles. The number of hydrogen-bond donors (Lipinski definition) is 1. The molecule has 0 unspecified atom stereocenters. The lowest BCUT2D eigenvalue weighted by atomic mass is 10.1. The third kappa shape index (κ3) is 5.79. The van der Waals surface area contributed by atoms with Crippen molar-refractivity contribution in [3.63, 3.8) is 0 Å². The Morgan fingerprint density at radius 1 is 1.32 bits per heavy atom. The van der Waals surface area contributed by atoms with Crippen LogP contribution in [0.1, 0.15) is 36.8 Å². The molecular formula is C16H24BrNO. The Bertz CT molecular complexity index is 404. The number of nitrogens with one attached hydrogen (secondary N) is 1. The Kier molecular flexibility index (Phi) is 7.84. The maximum absolute atomic E-state index is 5.97. The Hall–Kier alpha value is -0.800. The van der Waals surface area contributed by atoms with Gasteiger partial charge in [-0.05, 0) is 57.4 Å². The van der Waals surface area contributed by atoms with Crippen molar-refractivity contribution in [3.8, 4) is 5.75 Å². The highest BCUT2D eigenvalue weighted by molar-refractivity contribution is 9.10. The summed E-state index contributed by atoms with van der Waals surface area (Å²) in [7, 11) is 1.95. The molecule has 1 N–H and O–H groups in total. The van der Waals surface area contributed by atoms with Gasteiger partial charge in [0, 0.05) is 16.6 Å². The van der Waals surface area contributed by atoms with Gasteiger partial charge in [0.2, 0.25) is 0 Å². The Morgan fingerprint density at radius 3 is 2.79 bits per heavy atom. The van der Waals surface area contributed by atoms with Gasteiger partial charge in [0.25, 0.3) is 0 Å². The number of allylic oxidation sites excluding steroid dienone is 1. The summed E-state index contributed by atoms with van der Waals surface area (Å²) in [6.45, 7) is 7.44. The summed E-state index contributed by atoms with van der Waals surface area (Å²) in [6.07, 6.45) is 6.58. The van der Waals surface area contributed by atoms with Crippen LogP contribution < -0.4 is 10.1 Å². The van der Waals surface area contributed by atoms with E-state index in [-0.39, 0.29) is 0 Å². The molecule has 0 radical (unpaired) electrons. The van der Waals surface area contributed by atoms with Gasteiger partial charge in [0.1, 0.15) is 5.75 Å². The maximum atomic E-state index is 5.97. The van der Waals surface area contributed by atoms with E-state index < -0.39 is 0 Å². The molecule has 0 aromatic heterocycles. The van der Waals surface area contributed by atoms with Gasteiger partial charge in [0.05, 0.1) is 6.61 Å². The van der Waals surface area contributed by atoms with Crippen molar-refractivity contribution in [2.45, 2.75) is 39.2 Å². The zero-order valence-electron chi connectivity index (χ0n) is 12.0. The first-order valence-corrected chi connectivity index (χ1v) is 7.65. The molecule has 0 aliphatic heterocycles. The second-order valence-corrected chi connectivity index (χ2v) is 5.64. The number of unbranched alkanes of at least 4 members (excludes halogenated alkanes) is 3. The average molecular weight is 326 g/mol. The quantitative estimate of drug-likeness (QED) is 0.529. The van der Waals surface area contributed by atoms with Gasteiger partial charge in [-0.3, -0.25) is 0 Å². The molecule has 3 heteroatoms. The molecule has 0 saturated heterocycles. The van der Waals surface area contributed by atoms with E-state index in [1.165, 1.54) is 24.0 Å². The molecule has 0 aliphatic rings. The molecule has 0 amide bonds. The lowest BCUT2D eigenvalue weighted by Gasteiger charge is -2.15. The summed E-state index contributed by atoms with van der Waals surface area (Å²) in [5.41, 5.74) is 2.39. The van der Waals surface area contributed by atoms with Crippen molar-refractivity contribution >= 4 is 15.9 Å². The van der Waals surface area contributed by atoms with Crippen molar-refractivity contribution in [2.75, 3.05) is 13.7 Å². The van der Waals surface area contributed by atoms with Gasteiger partial charge >= 0.3 is 0 Å². The fourth-order valence-corrected chi connectivity index (χ4v) is 2.69. The van der Waals surface area contributed by atoms with Crippen LogP contribution in [-0.4, -0.2) is 13.7 Å². The Balaban J connectivity index is 2.53. The molecule has 0 saturated carbocycles. The van der Waals surface area contributed by atoms with Crippen LogP contribution in [0.5, 0.6) is 5.75 Å². The summed E-state index contributed by atoms with van der Waals surface area (Å²) < 4.78 is 7.07. The van der Waals surface area contributed by atoms with E-state index in [1.54, 1.807) is 0 Å². The van der Waals surface area contributed by atoms with Gasteiger partial charge < -0.3 is 10.1 Å². The van der Waals surface area contributed by atoms with Crippen LogP contribution in [0.25, 0.3) is 0 Å². The summed E-state index contributed by atoms with van der Waals surface area (Å²) in [4.78, 5) is 0. The normalized spacial score (nSPS) is 10.5. The first-order valence-electron chi connectivity index (χ1n) is 6.86. The zero-order chi connectivity index (χ0) is 14.1. The molecule has 0 heterocycles. The van der Waals surface area contributed by atoms with Crippen molar-refractivity contribution in [1.29, 1.82) is 0 Å². The third-order valence-corrected chi connectivity index (χ3v) is 3.44. The highest BCUT2D eigenvalue weighted by atomic mass is 79.9. The minimum atomic E-state index is 0.788. The predicted octanol–water partition coefficient (Wildman–Crippen LogP) is 4.60. The molecule has 2 nitrogen and oxygen atoms in total. The van der Waals surface area contributed by atoms with Gasteiger partial charge in [0.15, 0.2) is 0 Å². The number of hydrogen-bond acceptors (Lipinski definition) is 2. The average Bonchev–Trinajstić information content (AvgIpc) is 2.36. The standard InChI is InChI=1S/C16H24BrNO/c1-4-5-6-7-8-9-19-16-13(2)10-15(17)11-14(16)12-18-3/h4,10-11,18H,1,5-9,12H2,2-3H3. The zero-order valence-corrected chi connectivity index (χ0v) is 13.6. The fraction of sp³-hybridized carbons (Fsp3) is 0.500. The van der Waals surface area contributed by atoms with Crippen LogP contribution in [0.2, 0.25) is 0 Å². The second kappa shape index (κ2) is 9.16. The molecule has 1 rings (SSSR count). The van der Waals surface area contributed by atoms with E-state index in [0.717, 1.165) is 36.2 Å². The maximum Gasteiger partial charge on any atom is 0.126 e. The van der Waals surface area contributed by atoms with E-state index in [1.807, 2.05) is 13.1 Å². The monoisotopic (exact) mass is 325 g/mol. The largest absolute Gasteiger partial charge is 0.493 e. The number of halogens is 1. The highest BCUT2D eigenvalue weighted by Crippen LogP contribution is 2.28. The van der Waals surface area contributed by atoms with Crippen LogP contribution >= 0.6 is 15.9 Å². The molecule has 0 fully saturated rings. The van der Waals surface area contributed by atoms with Crippen molar-refractivity contribution in [1.82, 2.24) is 5.32 Å². The van der Waals surface area contributed by atoms with E-state index in [2.05, 4.69) is 46.9 Å². The number of ether oxygens (including phenoxy) is 1. The Morgan fingerprint density at radius 2 is 2.11 bits per heavy atom. The van der Waals surface area contributed by atoms with Gasteiger partial charge in [-0.2, -0.15) is 0 Å². The van der Waals surface area contributed by atoms with Crippen LogP contribution in [0.4, 0.5) is 0 Å². The summed E-state index contributed by atoms with van der Waals surface area (Å²) in [6, 6.07) is 4.22. The van der Waals surface area contributed by atoms with Gasteiger partial charge in [-0.15, -0.1) is 6.58 Å². The topological polar surface area (TPSA) is 21.3 Å². The van der Waals surface area contributed by atoms with Crippen LogP contribution in [-0.2, 0) is 6.54 Å². The van der Waals surface area contributed by atoms with E-state index >= 15 is 0 Å². The first-order chi connectivity index (χ1) is 9.19. The van der Waals surface area contributed by atoms with Gasteiger partial charge in [-0.1, -0.05) is 22.0 Å². The molecule has 0 bridgehead atoms. The molecule has 19 heavy (non-hydrogen) atoms. The fourth-order valence-electron chi connectivity index (χ4n) is 2.07. The Labute approximate surface area is 125 Å². The summed E-state index contributed by atoms with van der Waals surface area (Å²) in [5, 5.41) is 3.19. The number of rotatable bonds is 9. The van der Waals surface area contributed by atoms with Crippen molar-refractivity contribution in [3.05, 3.63) is 40.4 Å². The van der Waals surface area contributed by atoms with Crippen molar-refractivity contribution < 1.29 is 4.74 Å². The van der Waals surface area contributed by atoms with Crippen LogP contribution in [0.3, 0.4) is 0 Å².